The van der Waals surface area contributed by atoms with Gasteiger partial charge in [-0.25, -0.2) is 0 Å². The Kier molecular flexibility index (Phi) is 5.16. The van der Waals surface area contributed by atoms with E-state index in [0.717, 1.165) is 0 Å². The van der Waals surface area contributed by atoms with Crippen molar-refractivity contribution >= 4 is 5.91 Å². The number of para-hydroxylation sites is 1. The van der Waals surface area contributed by atoms with E-state index in [1.165, 1.54) is 0 Å². The minimum atomic E-state index is -0.555. The van der Waals surface area contributed by atoms with Crippen molar-refractivity contribution in [1.82, 2.24) is 4.90 Å². The number of hydrogen-bond acceptors (Lipinski definition) is 3. The van der Waals surface area contributed by atoms with Gasteiger partial charge in [-0.15, -0.1) is 0 Å². The van der Waals surface area contributed by atoms with Crippen molar-refractivity contribution in [1.29, 1.82) is 0 Å². The molecule has 1 aromatic rings. The molecule has 0 saturated heterocycles. The fraction of sp³-hybridized carbons (Fsp3) is 0.500. The van der Waals surface area contributed by atoms with Crippen LogP contribution in [0.1, 0.15) is 26.3 Å². The van der Waals surface area contributed by atoms with E-state index >= 15 is 0 Å². The Morgan fingerprint density at radius 1 is 1.28 bits per heavy atom. The average Bonchev–Trinajstić information content (AvgIpc) is 2.28. The first-order valence-corrected chi connectivity index (χ1v) is 6.16. The van der Waals surface area contributed by atoms with Crippen molar-refractivity contribution < 1.29 is 15.0 Å². The normalized spacial score (nSPS) is 12.5. The predicted molar refractivity (Wildman–Crippen MR) is 70.3 cm³/mol. The van der Waals surface area contributed by atoms with E-state index in [4.69, 9.17) is 0 Å². The van der Waals surface area contributed by atoms with Gasteiger partial charge in [0.05, 0.1) is 12.5 Å². The summed E-state index contributed by atoms with van der Waals surface area (Å²) >= 11 is 0. The third-order valence-electron chi connectivity index (χ3n) is 2.74. The zero-order valence-electron chi connectivity index (χ0n) is 11.1. The van der Waals surface area contributed by atoms with Gasteiger partial charge in [0, 0.05) is 18.2 Å². The lowest BCUT2D eigenvalue weighted by Crippen LogP contribution is -2.42. The van der Waals surface area contributed by atoms with Gasteiger partial charge in [-0.2, -0.15) is 0 Å². The number of benzene rings is 1. The highest BCUT2D eigenvalue weighted by Gasteiger charge is 2.19. The fourth-order valence-electron chi connectivity index (χ4n) is 1.81. The standard InChI is InChI=1S/C14H21NO3/c1-10(2)15(9-11(3)16)14(18)8-12-6-4-5-7-13(12)17/h4-7,10-11,16-17H,8-9H2,1-3H3. The van der Waals surface area contributed by atoms with Crippen LogP contribution in [-0.2, 0) is 11.2 Å². The SMILES string of the molecule is CC(O)CN(C(=O)Cc1ccccc1O)C(C)C. The molecule has 0 bridgehead atoms. The second-order valence-corrected chi connectivity index (χ2v) is 4.79. The fourth-order valence-corrected chi connectivity index (χ4v) is 1.81. The second-order valence-electron chi connectivity index (χ2n) is 4.79. The third kappa shape index (κ3) is 4.04. The van der Waals surface area contributed by atoms with Gasteiger partial charge in [-0.3, -0.25) is 4.79 Å². The van der Waals surface area contributed by atoms with Crippen LogP contribution in [0.25, 0.3) is 0 Å². The van der Waals surface area contributed by atoms with Crippen LogP contribution in [0.4, 0.5) is 0 Å². The Morgan fingerprint density at radius 2 is 1.89 bits per heavy atom. The number of amides is 1. The Balaban J connectivity index is 2.76. The van der Waals surface area contributed by atoms with Crippen molar-refractivity contribution in [2.75, 3.05) is 6.54 Å². The molecular formula is C14H21NO3. The molecule has 0 fully saturated rings. The number of phenolic OH excluding ortho intramolecular Hbond substituents is 1. The summed E-state index contributed by atoms with van der Waals surface area (Å²) in [5, 5.41) is 19.0. The van der Waals surface area contributed by atoms with Gasteiger partial charge in [0.2, 0.25) is 5.91 Å². The summed E-state index contributed by atoms with van der Waals surface area (Å²) in [7, 11) is 0. The highest BCUT2D eigenvalue weighted by Crippen LogP contribution is 2.17. The first kappa shape index (κ1) is 14.5. The first-order valence-electron chi connectivity index (χ1n) is 6.16. The lowest BCUT2D eigenvalue weighted by Gasteiger charge is -2.28. The van der Waals surface area contributed by atoms with Gasteiger partial charge >= 0.3 is 0 Å². The molecule has 0 radical (unpaired) electrons. The van der Waals surface area contributed by atoms with Gasteiger partial charge in [0.15, 0.2) is 0 Å². The molecule has 1 amide bonds. The number of aromatic hydroxyl groups is 1. The van der Waals surface area contributed by atoms with Crippen LogP contribution < -0.4 is 0 Å². The van der Waals surface area contributed by atoms with Gasteiger partial charge in [0.1, 0.15) is 5.75 Å². The maximum Gasteiger partial charge on any atom is 0.227 e. The summed E-state index contributed by atoms with van der Waals surface area (Å²) < 4.78 is 0. The maximum atomic E-state index is 12.1. The van der Waals surface area contributed by atoms with Gasteiger partial charge in [-0.05, 0) is 26.8 Å². The molecule has 4 nitrogen and oxygen atoms in total. The third-order valence-corrected chi connectivity index (χ3v) is 2.74. The van der Waals surface area contributed by atoms with Crippen LogP contribution in [0.2, 0.25) is 0 Å². The molecular weight excluding hydrogens is 230 g/mol. The molecule has 0 heterocycles. The first-order chi connectivity index (χ1) is 8.41. The molecule has 0 aliphatic carbocycles. The van der Waals surface area contributed by atoms with Crippen LogP contribution in [-0.4, -0.2) is 39.7 Å². The number of hydrogen-bond donors (Lipinski definition) is 2. The smallest absolute Gasteiger partial charge is 0.227 e. The quantitative estimate of drug-likeness (QED) is 0.834. The predicted octanol–water partition coefficient (Wildman–Crippen LogP) is 1.55. The van der Waals surface area contributed by atoms with Crippen LogP contribution in [0.15, 0.2) is 24.3 Å². The average molecular weight is 251 g/mol. The largest absolute Gasteiger partial charge is 0.508 e. The number of nitrogens with zero attached hydrogens (tertiary/aromatic N) is 1. The number of phenols is 1. The highest BCUT2D eigenvalue weighted by molar-refractivity contribution is 5.79. The van der Waals surface area contributed by atoms with Crippen LogP contribution in [0.5, 0.6) is 5.75 Å². The maximum absolute atomic E-state index is 12.1. The summed E-state index contributed by atoms with van der Waals surface area (Å²) in [6, 6.07) is 6.83. The van der Waals surface area contributed by atoms with E-state index < -0.39 is 6.10 Å². The lowest BCUT2D eigenvalue weighted by atomic mass is 10.1. The number of carbonyl (C=O) groups is 1. The van der Waals surface area contributed by atoms with E-state index in [9.17, 15) is 15.0 Å². The van der Waals surface area contributed by atoms with E-state index in [2.05, 4.69) is 0 Å². The number of aliphatic hydroxyl groups is 1. The molecule has 100 valence electrons. The van der Waals surface area contributed by atoms with Gasteiger partial charge < -0.3 is 15.1 Å². The zero-order valence-corrected chi connectivity index (χ0v) is 11.1. The Bertz CT molecular complexity index is 402. The molecule has 0 aliphatic heterocycles. The summed E-state index contributed by atoms with van der Waals surface area (Å²) in [6.07, 6.45) is -0.405. The molecule has 18 heavy (non-hydrogen) atoms. The van der Waals surface area contributed by atoms with Gasteiger partial charge in [0.25, 0.3) is 0 Å². The Hall–Kier alpha value is -1.55. The summed E-state index contributed by atoms with van der Waals surface area (Å²) in [5.74, 6) is 0.0407. The Morgan fingerprint density at radius 3 is 2.39 bits per heavy atom. The minimum absolute atomic E-state index is 0.0259. The van der Waals surface area contributed by atoms with Crippen molar-refractivity contribution in [2.24, 2.45) is 0 Å². The molecule has 1 rings (SSSR count). The zero-order chi connectivity index (χ0) is 13.7. The topological polar surface area (TPSA) is 60.8 Å². The monoisotopic (exact) mass is 251 g/mol. The van der Waals surface area contributed by atoms with Crippen molar-refractivity contribution in [3.05, 3.63) is 29.8 Å². The van der Waals surface area contributed by atoms with Crippen LogP contribution >= 0.6 is 0 Å². The van der Waals surface area contributed by atoms with Crippen molar-refractivity contribution in [2.45, 2.75) is 39.3 Å². The van der Waals surface area contributed by atoms with E-state index in [-0.39, 0.29) is 24.1 Å². The van der Waals surface area contributed by atoms with E-state index in [1.807, 2.05) is 13.8 Å². The molecule has 0 spiro atoms. The van der Waals surface area contributed by atoms with Crippen molar-refractivity contribution in [3.8, 4) is 5.75 Å². The number of aliphatic hydroxyl groups excluding tert-OH is 1. The van der Waals surface area contributed by atoms with E-state index in [1.54, 1.807) is 36.1 Å². The molecule has 0 saturated carbocycles. The van der Waals surface area contributed by atoms with Crippen LogP contribution in [0.3, 0.4) is 0 Å². The molecule has 2 N–H and O–H groups in total. The highest BCUT2D eigenvalue weighted by atomic mass is 16.3. The minimum Gasteiger partial charge on any atom is -0.508 e. The molecule has 1 atom stereocenters. The lowest BCUT2D eigenvalue weighted by molar-refractivity contribution is -0.133. The molecule has 1 unspecified atom stereocenters. The van der Waals surface area contributed by atoms with Crippen molar-refractivity contribution in [3.63, 3.8) is 0 Å². The van der Waals surface area contributed by atoms with Gasteiger partial charge in [-0.1, -0.05) is 18.2 Å². The number of carbonyl (C=O) groups excluding carboxylic acids is 1. The Labute approximate surface area is 108 Å². The molecule has 4 heteroatoms. The summed E-state index contributed by atoms with van der Waals surface area (Å²) in [5.41, 5.74) is 0.610. The molecule has 1 aromatic carbocycles. The molecule has 0 aliphatic rings. The number of rotatable bonds is 5. The van der Waals surface area contributed by atoms with Crippen LogP contribution in [0, 0.1) is 0 Å². The summed E-state index contributed by atoms with van der Waals surface area (Å²) in [4.78, 5) is 13.8. The summed E-state index contributed by atoms with van der Waals surface area (Å²) in [6.45, 7) is 5.78. The van der Waals surface area contributed by atoms with E-state index in [0.29, 0.717) is 12.1 Å². The molecule has 0 aromatic heterocycles. The second kappa shape index (κ2) is 6.40.